The SMILES string of the molecule is COC1CC(CO[Si](C)(C)C(C)(C)C)N(C(=O)OC(C)(C)C)C1. The third kappa shape index (κ3) is 5.76. The highest BCUT2D eigenvalue weighted by Gasteiger charge is 2.41. The molecule has 0 radical (unpaired) electrons. The zero-order valence-electron chi connectivity index (χ0n) is 16.4. The first kappa shape index (κ1) is 20.5. The second-order valence-corrected chi connectivity index (χ2v) is 13.8. The van der Waals surface area contributed by atoms with Gasteiger partial charge in [0.15, 0.2) is 8.32 Å². The van der Waals surface area contributed by atoms with Crippen LogP contribution in [0.2, 0.25) is 18.1 Å². The summed E-state index contributed by atoms with van der Waals surface area (Å²) in [7, 11) is -0.146. The Morgan fingerprint density at radius 1 is 1.17 bits per heavy atom. The van der Waals surface area contributed by atoms with Crippen LogP contribution in [-0.2, 0) is 13.9 Å². The lowest BCUT2D eigenvalue weighted by Gasteiger charge is -2.38. The van der Waals surface area contributed by atoms with Crippen molar-refractivity contribution >= 4 is 14.4 Å². The van der Waals surface area contributed by atoms with Gasteiger partial charge in [0.1, 0.15) is 5.60 Å². The molecule has 1 amide bonds. The Balaban J connectivity index is 2.75. The van der Waals surface area contributed by atoms with Crippen LogP contribution >= 0.6 is 0 Å². The fourth-order valence-electron chi connectivity index (χ4n) is 2.27. The van der Waals surface area contributed by atoms with Gasteiger partial charge in [-0.25, -0.2) is 4.79 Å². The molecule has 0 spiro atoms. The van der Waals surface area contributed by atoms with E-state index in [4.69, 9.17) is 13.9 Å². The van der Waals surface area contributed by atoms with E-state index in [1.807, 2.05) is 20.8 Å². The summed E-state index contributed by atoms with van der Waals surface area (Å²) in [6.07, 6.45) is 0.570. The van der Waals surface area contributed by atoms with Crippen molar-refractivity contribution in [1.82, 2.24) is 4.90 Å². The van der Waals surface area contributed by atoms with Crippen molar-refractivity contribution in [3.8, 4) is 0 Å². The first-order valence-corrected chi connectivity index (χ1v) is 11.3. The average Bonchev–Trinajstić information content (AvgIpc) is 2.76. The molecule has 1 heterocycles. The Hall–Kier alpha value is -0.593. The van der Waals surface area contributed by atoms with E-state index in [1.54, 1.807) is 12.0 Å². The molecule has 0 aliphatic carbocycles. The molecule has 1 saturated heterocycles. The molecule has 2 atom stereocenters. The van der Waals surface area contributed by atoms with Gasteiger partial charge in [0.2, 0.25) is 0 Å². The Labute approximate surface area is 142 Å². The van der Waals surface area contributed by atoms with E-state index < -0.39 is 13.9 Å². The van der Waals surface area contributed by atoms with Crippen molar-refractivity contribution in [2.45, 2.75) is 83.8 Å². The lowest BCUT2D eigenvalue weighted by Crippen LogP contribution is -2.46. The quantitative estimate of drug-likeness (QED) is 0.722. The van der Waals surface area contributed by atoms with E-state index in [1.165, 1.54) is 0 Å². The summed E-state index contributed by atoms with van der Waals surface area (Å²) in [6.45, 7) is 17.9. The standard InChI is InChI=1S/C17H35NO4Si/c1-16(2,3)22-15(19)18-11-14(20-7)10-13(18)12-21-23(8,9)17(4,5)6/h13-14H,10-12H2,1-9H3. The lowest BCUT2D eigenvalue weighted by atomic mass is 10.2. The van der Waals surface area contributed by atoms with Crippen LogP contribution in [0.1, 0.15) is 48.0 Å². The maximum absolute atomic E-state index is 12.5. The van der Waals surface area contributed by atoms with Crippen LogP contribution in [0.4, 0.5) is 4.79 Å². The Bertz CT molecular complexity index is 412. The molecule has 136 valence electrons. The van der Waals surface area contributed by atoms with Crippen LogP contribution in [0.3, 0.4) is 0 Å². The molecule has 0 aromatic heterocycles. The molecule has 1 aliphatic heterocycles. The van der Waals surface area contributed by atoms with Crippen LogP contribution in [-0.4, -0.2) is 57.3 Å². The highest BCUT2D eigenvalue weighted by atomic mass is 28.4. The first-order chi connectivity index (χ1) is 10.3. The van der Waals surface area contributed by atoms with E-state index in [2.05, 4.69) is 33.9 Å². The molecule has 5 nitrogen and oxygen atoms in total. The van der Waals surface area contributed by atoms with Gasteiger partial charge in [-0.15, -0.1) is 0 Å². The Morgan fingerprint density at radius 3 is 2.17 bits per heavy atom. The van der Waals surface area contributed by atoms with Crippen molar-refractivity contribution in [1.29, 1.82) is 0 Å². The largest absolute Gasteiger partial charge is 0.444 e. The van der Waals surface area contributed by atoms with Crippen LogP contribution in [0.15, 0.2) is 0 Å². The molecule has 0 N–H and O–H groups in total. The van der Waals surface area contributed by atoms with Crippen LogP contribution in [0.25, 0.3) is 0 Å². The summed E-state index contributed by atoms with van der Waals surface area (Å²) in [5.41, 5.74) is -0.493. The van der Waals surface area contributed by atoms with Gasteiger partial charge < -0.3 is 18.8 Å². The smallest absolute Gasteiger partial charge is 0.410 e. The molecule has 0 aromatic carbocycles. The summed E-state index contributed by atoms with van der Waals surface area (Å²) in [6, 6.07) is 0.0175. The number of hydrogen-bond donors (Lipinski definition) is 0. The summed E-state index contributed by atoms with van der Waals surface area (Å²) in [5, 5.41) is 0.156. The molecule has 0 aromatic rings. The van der Waals surface area contributed by atoms with Gasteiger partial charge in [0.05, 0.1) is 25.3 Å². The van der Waals surface area contributed by atoms with E-state index in [0.717, 1.165) is 6.42 Å². The number of methoxy groups -OCH3 is 1. The topological polar surface area (TPSA) is 48.0 Å². The molecule has 2 unspecified atom stereocenters. The molecule has 0 bridgehead atoms. The van der Waals surface area contributed by atoms with Gasteiger partial charge in [-0.05, 0) is 45.3 Å². The number of hydrogen-bond acceptors (Lipinski definition) is 4. The monoisotopic (exact) mass is 345 g/mol. The fraction of sp³-hybridized carbons (Fsp3) is 0.941. The average molecular weight is 346 g/mol. The number of likely N-dealkylation sites (tertiary alicyclic amines) is 1. The zero-order chi connectivity index (χ0) is 18.1. The summed E-state index contributed by atoms with van der Waals surface area (Å²) >= 11 is 0. The summed E-state index contributed by atoms with van der Waals surface area (Å²) in [4.78, 5) is 14.2. The number of carbonyl (C=O) groups excluding carboxylic acids is 1. The lowest BCUT2D eigenvalue weighted by molar-refractivity contribution is 0.0159. The molecule has 23 heavy (non-hydrogen) atoms. The summed E-state index contributed by atoms with van der Waals surface area (Å²) in [5.74, 6) is 0. The fourth-order valence-corrected chi connectivity index (χ4v) is 3.31. The molecule has 1 fully saturated rings. The van der Waals surface area contributed by atoms with E-state index >= 15 is 0 Å². The van der Waals surface area contributed by atoms with Crippen molar-refractivity contribution in [3.63, 3.8) is 0 Å². The molecule has 1 aliphatic rings. The van der Waals surface area contributed by atoms with Crippen molar-refractivity contribution < 1.29 is 18.7 Å². The minimum Gasteiger partial charge on any atom is -0.444 e. The van der Waals surface area contributed by atoms with Crippen LogP contribution in [0, 0.1) is 0 Å². The second kappa shape index (κ2) is 7.11. The molecular weight excluding hydrogens is 310 g/mol. The van der Waals surface area contributed by atoms with Gasteiger partial charge in [-0.3, -0.25) is 0 Å². The predicted molar refractivity (Wildman–Crippen MR) is 95.3 cm³/mol. The molecule has 6 heteroatoms. The van der Waals surface area contributed by atoms with Crippen LogP contribution < -0.4 is 0 Å². The first-order valence-electron chi connectivity index (χ1n) is 8.43. The maximum Gasteiger partial charge on any atom is 0.410 e. The van der Waals surface area contributed by atoms with E-state index in [-0.39, 0.29) is 23.3 Å². The van der Waals surface area contributed by atoms with Crippen LogP contribution in [0.5, 0.6) is 0 Å². The number of rotatable bonds is 4. The normalized spacial score (nSPS) is 23.3. The number of ether oxygens (including phenoxy) is 2. The number of nitrogens with zero attached hydrogens (tertiary/aromatic N) is 1. The van der Waals surface area contributed by atoms with E-state index in [0.29, 0.717) is 13.2 Å². The maximum atomic E-state index is 12.5. The second-order valence-electron chi connectivity index (χ2n) is 8.95. The minimum atomic E-state index is -1.84. The van der Waals surface area contributed by atoms with Crippen molar-refractivity contribution in [3.05, 3.63) is 0 Å². The van der Waals surface area contributed by atoms with Crippen molar-refractivity contribution in [2.75, 3.05) is 20.3 Å². The number of amides is 1. The highest BCUT2D eigenvalue weighted by molar-refractivity contribution is 6.74. The van der Waals surface area contributed by atoms with Gasteiger partial charge in [0, 0.05) is 7.11 Å². The number of carbonyl (C=O) groups is 1. The molecule has 0 saturated carbocycles. The van der Waals surface area contributed by atoms with E-state index in [9.17, 15) is 4.79 Å². The van der Waals surface area contributed by atoms with Gasteiger partial charge >= 0.3 is 6.09 Å². The highest BCUT2D eigenvalue weighted by Crippen LogP contribution is 2.37. The Kier molecular flexibility index (Phi) is 6.32. The zero-order valence-corrected chi connectivity index (χ0v) is 17.4. The van der Waals surface area contributed by atoms with Crippen molar-refractivity contribution in [2.24, 2.45) is 0 Å². The van der Waals surface area contributed by atoms with Gasteiger partial charge in [-0.2, -0.15) is 0 Å². The van der Waals surface area contributed by atoms with Gasteiger partial charge in [0.25, 0.3) is 0 Å². The predicted octanol–water partition coefficient (Wildman–Crippen LogP) is 4.03. The third-order valence-corrected chi connectivity index (χ3v) is 9.28. The molecule has 1 rings (SSSR count). The van der Waals surface area contributed by atoms with Gasteiger partial charge in [-0.1, -0.05) is 20.8 Å². The third-order valence-electron chi connectivity index (χ3n) is 4.78. The molecular formula is C17H35NO4Si. The Morgan fingerprint density at radius 2 is 1.74 bits per heavy atom. The summed E-state index contributed by atoms with van der Waals surface area (Å²) < 4.78 is 17.3. The minimum absolute atomic E-state index is 0.0175.